The average molecular weight is 366 g/mol. The predicted octanol–water partition coefficient (Wildman–Crippen LogP) is 3.22. The van der Waals surface area contributed by atoms with Crippen molar-refractivity contribution in [1.82, 2.24) is 9.97 Å². The molecular formula is C20H19FN4O2. The van der Waals surface area contributed by atoms with Crippen LogP contribution in [-0.4, -0.2) is 28.2 Å². The van der Waals surface area contributed by atoms with E-state index in [4.69, 9.17) is 10.5 Å². The number of phenols is 1. The van der Waals surface area contributed by atoms with Gasteiger partial charge < -0.3 is 20.5 Å². The summed E-state index contributed by atoms with van der Waals surface area (Å²) in [5.41, 5.74) is 7.55. The van der Waals surface area contributed by atoms with E-state index in [2.05, 4.69) is 9.97 Å². The number of ether oxygens (including phenoxy) is 1. The highest BCUT2D eigenvalue weighted by Crippen LogP contribution is 2.36. The lowest BCUT2D eigenvalue weighted by Gasteiger charge is -2.39. The van der Waals surface area contributed by atoms with E-state index in [1.807, 2.05) is 11.0 Å². The fourth-order valence-electron chi connectivity index (χ4n) is 3.26. The molecule has 6 nitrogen and oxygen atoms in total. The van der Waals surface area contributed by atoms with Crippen LogP contribution in [0.5, 0.6) is 5.75 Å². The lowest BCUT2D eigenvalue weighted by Crippen LogP contribution is -2.41. The molecule has 0 radical (unpaired) electrons. The van der Waals surface area contributed by atoms with E-state index in [0.29, 0.717) is 30.3 Å². The molecule has 2 atom stereocenters. The largest absolute Gasteiger partial charge is 0.508 e. The number of morpholine rings is 1. The molecule has 1 aliphatic heterocycles. The van der Waals surface area contributed by atoms with E-state index in [-0.39, 0.29) is 17.7 Å². The highest BCUT2D eigenvalue weighted by Gasteiger charge is 2.32. The normalized spacial score (nSPS) is 19.8. The first-order chi connectivity index (χ1) is 13.1. The number of halogens is 1. The molecule has 27 heavy (non-hydrogen) atoms. The predicted molar refractivity (Wildman–Crippen MR) is 99.7 cm³/mol. The lowest BCUT2D eigenvalue weighted by atomic mass is 10.0. The van der Waals surface area contributed by atoms with Crippen LogP contribution in [0.4, 0.5) is 15.8 Å². The fraction of sp³-hybridized carbons (Fsp3) is 0.200. The number of nitrogen functional groups attached to an aromatic ring is 1. The Morgan fingerprint density at radius 2 is 1.81 bits per heavy atom. The van der Waals surface area contributed by atoms with Gasteiger partial charge in [-0.25, -0.2) is 14.4 Å². The Morgan fingerprint density at radius 1 is 1.04 bits per heavy atom. The molecule has 138 valence electrons. The van der Waals surface area contributed by atoms with E-state index in [1.54, 1.807) is 42.7 Å². The smallest absolute Gasteiger partial charge is 0.158 e. The number of phenolic OH excluding ortho intramolecular Hbond substituents is 1. The number of nitrogens with zero attached hydrogens (tertiary/aromatic N) is 3. The Balaban J connectivity index is 1.72. The maximum Gasteiger partial charge on any atom is 0.158 e. The molecule has 3 N–H and O–H groups in total. The molecule has 1 saturated heterocycles. The van der Waals surface area contributed by atoms with Crippen molar-refractivity contribution in [3.05, 3.63) is 78.1 Å². The lowest BCUT2D eigenvalue weighted by molar-refractivity contribution is -0.0339. The topological polar surface area (TPSA) is 84.5 Å². The first-order valence-electron chi connectivity index (χ1n) is 8.61. The molecule has 4 rings (SSSR count). The van der Waals surface area contributed by atoms with Crippen molar-refractivity contribution in [1.29, 1.82) is 0 Å². The molecule has 2 unspecified atom stereocenters. The average Bonchev–Trinajstić information content (AvgIpc) is 2.70. The van der Waals surface area contributed by atoms with Gasteiger partial charge in [0.1, 0.15) is 23.8 Å². The Hall–Kier alpha value is -3.19. The SMILES string of the molecule is Nc1ccc(F)c(N2CC(c3cccc(O)c3)OC(c3ncccn3)C2)c1. The zero-order chi connectivity index (χ0) is 18.8. The van der Waals surface area contributed by atoms with Crippen LogP contribution in [0, 0.1) is 5.82 Å². The van der Waals surface area contributed by atoms with Gasteiger partial charge in [-0.1, -0.05) is 12.1 Å². The highest BCUT2D eigenvalue weighted by atomic mass is 19.1. The van der Waals surface area contributed by atoms with Gasteiger partial charge in [-0.15, -0.1) is 0 Å². The number of anilines is 2. The van der Waals surface area contributed by atoms with Crippen LogP contribution < -0.4 is 10.6 Å². The molecular weight excluding hydrogens is 347 g/mol. The van der Waals surface area contributed by atoms with Crippen LogP contribution in [0.15, 0.2) is 60.9 Å². The molecule has 1 aliphatic rings. The maximum atomic E-state index is 14.5. The number of benzene rings is 2. The Labute approximate surface area is 156 Å². The summed E-state index contributed by atoms with van der Waals surface area (Å²) in [5, 5.41) is 9.82. The number of hydrogen-bond donors (Lipinski definition) is 2. The van der Waals surface area contributed by atoms with Gasteiger partial charge in [0, 0.05) is 24.6 Å². The van der Waals surface area contributed by atoms with Gasteiger partial charge in [-0.3, -0.25) is 0 Å². The van der Waals surface area contributed by atoms with Crippen molar-refractivity contribution in [3.8, 4) is 5.75 Å². The molecule has 1 fully saturated rings. The summed E-state index contributed by atoms with van der Waals surface area (Å²) in [6.07, 6.45) is 2.46. The molecule has 1 aromatic heterocycles. The summed E-state index contributed by atoms with van der Waals surface area (Å²) in [5.74, 6) is 0.320. The van der Waals surface area contributed by atoms with Gasteiger partial charge in [0.15, 0.2) is 5.82 Å². The second-order valence-corrected chi connectivity index (χ2v) is 6.43. The Kier molecular flexibility index (Phi) is 4.60. The van der Waals surface area contributed by atoms with Crippen molar-refractivity contribution in [2.45, 2.75) is 12.2 Å². The molecule has 0 bridgehead atoms. The van der Waals surface area contributed by atoms with Crippen LogP contribution in [0.25, 0.3) is 0 Å². The molecule has 0 aliphatic carbocycles. The van der Waals surface area contributed by atoms with Crippen molar-refractivity contribution < 1.29 is 14.2 Å². The number of nitrogens with two attached hydrogens (primary N) is 1. The molecule has 0 amide bonds. The second kappa shape index (κ2) is 7.20. The molecule has 0 spiro atoms. The Morgan fingerprint density at radius 3 is 2.59 bits per heavy atom. The summed E-state index contributed by atoms with van der Waals surface area (Å²) in [4.78, 5) is 10.5. The fourth-order valence-corrected chi connectivity index (χ4v) is 3.26. The molecule has 2 aromatic carbocycles. The third kappa shape index (κ3) is 3.68. The van der Waals surface area contributed by atoms with Crippen LogP contribution in [0.1, 0.15) is 23.6 Å². The molecule has 0 saturated carbocycles. The van der Waals surface area contributed by atoms with Crippen LogP contribution in [0.2, 0.25) is 0 Å². The summed E-state index contributed by atoms with van der Waals surface area (Å²) in [7, 11) is 0. The zero-order valence-corrected chi connectivity index (χ0v) is 14.5. The van der Waals surface area contributed by atoms with E-state index < -0.39 is 6.10 Å². The molecule has 2 heterocycles. The van der Waals surface area contributed by atoms with E-state index in [0.717, 1.165) is 5.56 Å². The van der Waals surface area contributed by atoms with Crippen molar-refractivity contribution in [3.63, 3.8) is 0 Å². The maximum absolute atomic E-state index is 14.5. The zero-order valence-electron chi connectivity index (χ0n) is 14.5. The highest BCUT2D eigenvalue weighted by molar-refractivity contribution is 5.57. The van der Waals surface area contributed by atoms with Gasteiger partial charge >= 0.3 is 0 Å². The van der Waals surface area contributed by atoms with Crippen molar-refractivity contribution in [2.24, 2.45) is 0 Å². The number of hydrogen-bond acceptors (Lipinski definition) is 6. The first-order valence-corrected chi connectivity index (χ1v) is 8.61. The first kappa shape index (κ1) is 17.2. The summed E-state index contributed by atoms with van der Waals surface area (Å²) < 4.78 is 20.7. The third-order valence-corrected chi connectivity index (χ3v) is 4.53. The summed E-state index contributed by atoms with van der Waals surface area (Å²) in [6, 6.07) is 13.1. The second-order valence-electron chi connectivity index (χ2n) is 6.43. The number of aromatic nitrogens is 2. The van der Waals surface area contributed by atoms with Crippen LogP contribution in [-0.2, 0) is 4.74 Å². The Bertz CT molecular complexity index is 938. The van der Waals surface area contributed by atoms with E-state index in [9.17, 15) is 9.50 Å². The summed E-state index contributed by atoms with van der Waals surface area (Å²) in [6.45, 7) is 0.798. The van der Waals surface area contributed by atoms with Gasteiger partial charge in [0.2, 0.25) is 0 Å². The van der Waals surface area contributed by atoms with Gasteiger partial charge in [0.05, 0.1) is 12.2 Å². The van der Waals surface area contributed by atoms with Gasteiger partial charge in [-0.05, 0) is 42.0 Å². The third-order valence-electron chi connectivity index (χ3n) is 4.53. The standard InChI is InChI=1S/C20H19FN4O2/c21-16-6-5-14(22)10-17(16)25-11-18(13-3-1-4-15(26)9-13)27-19(12-25)20-23-7-2-8-24-20/h1-10,18-19,26H,11-12,22H2. The number of rotatable bonds is 3. The number of aromatic hydroxyl groups is 1. The minimum absolute atomic E-state index is 0.149. The monoisotopic (exact) mass is 366 g/mol. The van der Waals surface area contributed by atoms with E-state index >= 15 is 0 Å². The van der Waals surface area contributed by atoms with Crippen LogP contribution in [0.3, 0.4) is 0 Å². The van der Waals surface area contributed by atoms with Gasteiger partial charge in [-0.2, -0.15) is 0 Å². The summed E-state index contributed by atoms with van der Waals surface area (Å²) >= 11 is 0. The minimum Gasteiger partial charge on any atom is -0.508 e. The van der Waals surface area contributed by atoms with Crippen molar-refractivity contribution >= 4 is 11.4 Å². The van der Waals surface area contributed by atoms with Gasteiger partial charge in [0.25, 0.3) is 0 Å². The van der Waals surface area contributed by atoms with Crippen LogP contribution >= 0.6 is 0 Å². The quantitative estimate of drug-likeness (QED) is 0.693. The molecule has 3 aromatic rings. The van der Waals surface area contributed by atoms with E-state index in [1.165, 1.54) is 12.1 Å². The van der Waals surface area contributed by atoms with Crippen molar-refractivity contribution in [2.75, 3.05) is 23.7 Å². The molecule has 7 heteroatoms. The minimum atomic E-state index is -0.451.